The zero-order valence-electron chi connectivity index (χ0n) is 8.13. The molecule has 1 nitrogen and oxygen atoms in total. The highest BCUT2D eigenvalue weighted by Gasteiger charge is 2.29. The van der Waals surface area contributed by atoms with Crippen LogP contribution in [0.15, 0.2) is 0 Å². The first kappa shape index (κ1) is 9.05. The van der Waals surface area contributed by atoms with Crippen LogP contribution in [0, 0.1) is 11.8 Å². The molecular weight excluding hydrogens is 136 g/mol. The highest BCUT2D eigenvalue weighted by atomic mass is 16.5. The Morgan fingerprint density at radius 2 is 1.91 bits per heavy atom. The summed E-state index contributed by atoms with van der Waals surface area (Å²) >= 11 is 0. The Morgan fingerprint density at radius 1 is 1.27 bits per heavy atom. The predicted molar refractivity (Wildman–Crippen MR) is 47.6 cm³/mol. The van der Waals surface area contributed by atoms with Gasteiger partial charge in [0.1, 0.15) is 0 Å². The molecule has 11 heavy (non-hydrogen) atoms. The van der Waals surface area contributed by atoms with Crippen LogP contribution in [0.4, 0.5) is 0 Å². The smallest absolute Gasteiger partial charge is 0.0604 e. The monoisotopic (exact) mass is 156 g/mol. The molecule has 0 bridgehead atoms. The summed E-state index contributed by atoms with van der Waals surface area (Å²) in [7, 11) is 0. The molecule has 1 saturated heterocycles. The first-order chi connectivity index (χ1) is 5.15. The molecule has 0 amide bonds. The van der Waals surface area contributed by atoms with Crippen molar-refractivity contribution in [3.8, 4) is 0 Å². The van der Waals surface area contributed by atoms with Crippen LogP contribution in [0.25, 0.3) is 0 Å². The molecule has 0 aromatic rings. The van der Waals surface area contributed by atoms with Gasteiger partial charge in [0.05, 0.1) is 12.2 Å². The fourth-order valence-electron chi connectivity index (χ4n) is 2.05. The fourth-order valence-corrected chi connectivity index (χ4v) is 2.05. The molecule has 0 N–H and O–H groups in total. The minimum absolute atomic E-state index is 0.478. The highest BCUT2D eigenvalue weighted by molar-refractivity contribution is 4.78. The largest absolute Gasteiger partial charge is 0.375 e. The van der Waals surface area contributed by atoms with Crippen LogP contribution in [-0.2, 0) is 4.74 Å². The molecule has 1 aliphatic rings. The van der Waals surface area contributed by atoms with Crippen molar-refractivity contribution in [2.45, 2.75) is 52.7 Å². The Morgan fingerprint density at radius 3 is 2.45 bits per heavy atom. The van der Waals surface area contributed by atoms with Crippen molar-refractivity contribution in [2.24, 2.45) is 11.8 Å². The lowest BCUT2D eigenvalue weighted by Gasteiger charge is -2.37. The van der Waals surface area contributed by atoms with E-state index in [4.69, 9.17) is 4.74 Å². The average Bonchev–Trinajstić information content (AvgIpc) is 1.96. The molecule has 0 aliphatic carbocycles. The van der Waals surface area contributed by atoms with E-state index in [-0.39, 0.29) is 0 Å². The van der Waals surface area contributed by atoms with Gasteiger partial charge in [-0.15, -0.1) is 0 Å². The maximum absolute atomic E-state index is 5.82. The Hall–Kier alpha value is -0.0400. The summed E-state index contributed by atoms with van der Waals surface area (Å²) in [6.07, 6.45) is 3.38. The second-order valence-electron chi connectivity index (χ2n) is 3.97. The minimum atomic E-state index is 0.478. The average molecular weight is 156 g/mol. The lowest BCUT2D eigenvalue weighted by molar-refractivity contribution is -0.0935. The van der Waals surface area contributed by atoms with Crippen LogP contribution in [-0.4, -0.2) is 12.2 Å². The van der Waals surface area contributed by atoms with E-state index in [1.54, 1.807) is 0 Å². The van der Waals surface area contributed by atoms with Gasteiger partial charge in [0.2, 0.25) is 0 Å². The first-order valence-corrected chi connectivity index (χ1v) is 4.80. The second kappa shape index (κ2) is 3.57. The molecule has 1 heterocycles. The lowest BCUT2D eigenvalue weighted by atomic mass is 9.83. The Balaban J connectivity index is 2.51. The van der Waals surface area contributed by atoms with Crippen LogP contribution in [0.1, 0.15) is 40.5 Å². The summed E-state index contributed by atoms with van der Waals surface area (Å²) in [5.74, 6) is 1.58. The lowest BCUT2D eigenvalue weighted by Crippen LogP contribution is -2.37. The molecule has 1 aliphatic heterocycles. The summed E-state index contributed by atoms with van der Waals surface area (Å²) in [6, 6.07) is 0. The maximum atomic E-state index is 5.82. The van der Waals surface area contributed by atoms with E-state index in [0.29, 0.717) is 12.2 Å². The zero-order valence-corrected chi connectivity index (χ0v) is 8.13. The van der Waals surface area contributed by atoms with Crippen molar-refractivity contribution in [2.75, 3.05) is 0 Å². The third-order valence-electron chi connectivity index (χ3n) is 3.00. The van der Waals surface area contributed by atoms with E-state index in [0.717, 1.165) is 18.3 Å². The Kier molecular flexibility index (Phi) is 2.94. The van der Waals surface area contributed by atoms with E-state index in [1.165, 1.54) is 6.42 Å². The van der Waals surface area contributed by atoms with Gasteiger partial charge >= 0.3 is 0 Å². The van der Waals surface area contributed by atoms with E-state index in [2.05, 4.69) is 27.7 Å². The number of ether oxygens (including phenoxy) is 1. The molecule has 66 valence electrons. The van der Waals surface area contributed by atoms with Gasteiger partial charge in [-0.05, 0) is 31.6 Å². The zero-order chi connectivity index (χ0) is 8.43. The Labute approximate surface area is 70.1 Å². The summed E-state index contributed by atoms with van der Waals surface area (Å²) < 4.78 is 5.82. The van der Waals surface area contributed by atoms with E-state index in [1.807, 2.05) is 0 Å². The van der Waals surface area contributed by atoms with Gasteiger partial charge in [0, 0.05) is 0 Å². The normalized spacial score (nSPS) is 45.8. The molecule has 1 rings (SSSR count). The Bertz CT molecular complexity index is 122. The number of rotatable bonds is 1. The molecule has 0 radical (unpaired) electrons. The van der Waals surface area contributed by atoms with Crippen molar-refractivity contribution < 1.29 is 4.74 Å². The van der Waals surface area contributed by atoms with Crippen LogP contribution >= 0.6 is 0 Å². The molecule has 0 aromatic carbocycles. The van der Waals surface area contributed by atoms with Crippen LogP contribution in [0.3, 0.4) is 0 Å². The van der Waals surface area contributed by atoms with Crippen molar-refractivity contribution >= 4 is 0 Å². The van der Waals surface area contributed by atoms with Gasteiger partial charge < -0.3 is 4.74 Å². The van der Waals surface area contributed by atoms with E-state index in [9.17, 15) is 0 Å². The fraction of sp³-hybridized carbons (Fsp3) is 1.00. The molecule has 1 fully saturated rings. The predicted octanol–water partition coefficient (Wildman–Crippen LogP) is 2.85. The molecule has 0 saturated carbocycles. The standard InChI is InChI=1S/C10H20O/c1-5-10-9(4)7(2)6-8(3)11-10/h7-10H,5-6H2,1-4H3/t7-,8?,9-,10?/m0/s1. The van der Waals surface area contributed by atoms with Gasteiger partial charge in [0.15, 0.2) is 0 Å². The maximum Gasteiger partial charge on any atom is 0.0604 e. The van der Waals surface area contributed by atoms with Crippen LogP contribution < -0.4 is 0 Å². The van der Waals surface area contributed by atoms with Crippen molar-refractivity contribution in [3.05, 3.63) is 0 Å². The quantitative estimate of drug-likeness (QED) is 0.567. The van der Waals surface area contributed by atoms with Gasteiger partial charge in [-0.25, -0.2) is 0 Å². The second-order valence-corrected chi connectivity index (χ2v) is 3.97. The van der Waals surface area contributed by atoms with Gasteiger partial charge in [-0.1, -0.05) is 20.8 Å². The van der Waals surface area contributed by atoms with Crippen LogP contribution in [0.2, 0.25) is 0 Å². The third kappa shape index (κ3) is 1.96. The van der Waals surface area contributed by atoms with E-state index < -0.39 is 0 Å². The topological polar surface area (TPSA) is 9.23 Å². The molecule has 0 spiro atoms. The summed E-state index contributed by atoms with van der Waals surface area (Å²) in [4.78, 5) is 0. The molecular formula is C10H20O. The SMILES string of the molecule is CCC1OC(C)C[C@H](C)[C@@H]1C. The summed E-state index contributed by atoms with van der Waals surface area (Å²) in [6.45, 7) is 9.05. The molecule has 1 heteroatoms. The minimum Gasteiger partial charge on any atom is -0.375 e. The molecule has 4 atom stereocenters. The molecule has 2 unspecified atom stereocenters. The number of hydrogen-bond donors (Lipinski definition) is 0. The van der Waals surface area contributed by atoms with E-state index >= 15 is 0 Å². The third-order valence-corrected chi connectivity index (χ3v) is 3.00. The highest BCUT2D eigenvalue weighted by Crippen LogP contribution is 2.31. The van der Waals surface area contributed by atoms with Crippen molar-refractivity contribution in [1.82, 2.24) is 0 Å². The van der Waals surface area contributed by atoms with Gasteiger partial charge in [-0.2, -0.15) is 0 Å². The van der Waals surface area contributed by atoms with Crippen LogP contribution in [0.5, 0.6) is 0 Å². The summed E-state index contributed by atoms with van der Waals surface area (Å²) in [5, 5.41) is 0. The summed E-state index contributed by atoms with van der Waals surface area (Å²) in [5.41, 5.74) is 0. The molecule has 0 aromatic heterocycles. The van der Waals surface area contributed by atoms with Crippen molar-refractivity contribution in [3.63, 3.8) is 0 Å². The van der Waals surface area contributed by atoms with Gasteiger partial charge in [0.25, 0.3) is 0 Å². The number of hydrogen-bond acceptors (Lipinski definition) is 1. The van der Waals surface area contributed by atoms with Crippen molar-refractivity contribution in [1.29, 1.82) is 0 Å². The van der Waals surface area contributed by atoms with Gasteiger partial charge in [-0.3, -0.25) is 0 Å². The first-order valence-electron chi connectivity index (χ1n) is 4.80.